The molecule has 122 valence electrons. The zero-order valence-corrected chi connectivity index (χ0v) is 15.6. The van der Waals surface area contributed by atoms with E-state index in [0.717, 1.165) is 15.9 Å². The van der Waals surface area contributed by atoms with Crippen LogP contribution in [-0.2, 0) is 7.05 Å². The molecule has 0 aliphatic heterocycles. The van der Waals surface area contributed by atoms with E-state index in [9.17, 15) is 4.79 Å². The molecule has 0 unspecified atom stereocenters. The molecule has 2 heterocycles. The van der Waals surface area contributed by atoms with Crippen LogP contribution in [0, 0.1) is 0 Å². The second-order valence-corrected chi connectivity index (χ2v) is 7.46. The van der Waals surface area contributed by atoms with Crippen molar-refractivity contribution in [2.75, 3.05) is 0 Å². The van der Waals surface area contributed by atoms with Gasteiger partial charge in [-0.2, -0.15) is 0 Å². The molecule has 3 rings (SSSR count). The molecule has 0 aliphatic rings. The summed E-state index contributed by atoms with van der Waals surface area (Å²) >= 11 is 4.78. The Bertz CT molecular complexity index is 849. The Morgan fingerprint density at radius 1 is 1.12 bits per heavy atom. The summed E-state index contributed by atoms with van der Waals surface area (Å²) in [5.41, 5.74) is 1.63. The number of carbonyl (C=O) groups is 1. The highest BCUT2D eigenvalue weighted by Gasteiger charge is 2.20. The van der Waals surface area contributed by atoms with Crippen molar-refractivity contribution in [1.82, 2.24) is 19.7 Å². The number of hydrogen-bond donors (Lipinski definition) is 0. The summed E-state index contributed by atoms with van der Waals surface area (Å²) in [6.07, 6.45) is 3.44. The average molecular weight is 403 g/mol. The lowest BCUT2D eigenvalue weighted by molar-refractivity contribution is 0.0994. The lowest BCUT2D eigenvalue weighted by Gasteiger charge is -2.10. The molecule has 0 spiro atoms. The van der Waals surface area contributed by atoms with Gasteiger partial charge >= 0.3 is 0 Å². The lowest BCUT2D eigenvalue weighted by Crippen LogP contribution is -2.14. The van der Waals surface area contributed by atoms with Crippen LogP contribution in [0.1, 0.15) is 17.3 Å². The summed E-state index contributed by atoms with van der Waals surface area (Å²) in [4.78, 5) is 16.6. The highest BCUT2D eigenvalue weighted by molar-refractivity contribution is 9.10. The minimum Gasteiger partial charge on any atom is -0.305 e. The Morgan fingerprint density at radius 2 is 1.79 bits per heavy atom. The van der Waals surface area contributed by atoms with Gasteiger partial charge in [-0.1, -0.05) is 39.8 Å². The number of pyridine rings is 1. The number of halogens is 1. The topological polar surface area (TPSA) is 60.7 Å². The number of thioether (sulfide) groups is 1. The van der Waals surface area contributed by atoms with Gasteiger partial charge in [0.1, 0.15) is 0 Å². The summed E-state index contributed by atoms with van der Waals surface area (Å²) in [5, 5.41) is 8.91. The highest BCUT2D eigenvalue weighted by Crippen LogP contribution is 2.27. The number of Topliss-reactive ketones (excluding diaryl/α,β-unsaturated/α-hetero) is 1. The maximum atomic E-state index is 12.5. The van der Waals surface area contributed by atoms with Gasteiger partial charge in [-0.05, 0) is 31.2 Å². The number of hydrogen-bond acceptors (Lipinski definition) is 5. The van der Waals surface area contributed by atoms with Crippen molar-refractivity contribution in [2.45, 2.75) is 17.3 Å². The zero-order valence-electron chi connectivity index (χ0n) is 13.2. The third kappa shape index (κ3) is 3.57. The Hall–Kier alpha value is -1.99. The molecule has 3 aromatic rings. The van der Waals surface area contributed by atoms with E-state index in [1.165, 1.54) is 11.8 Å². The van der Waals surface area contributed by atoms with E-state index in [0.29, 0.717) is 10.7 Å². The molecule has 0 saturated carbocycles. The fourth-order valence-corrected chi connectivity index (χ4v) is 3.39. The van der Waals surface area contributed by atoms with Crippen LogP contribution in [0.25, 0.3) is 11.4 Å². The van der Waals surface area contributed by atoms with Crippen LogP contribution < -0.4 is 0 Å². The van der Waals surface area contributed by atoms with Crippen LogP contribution in [0.4, 0.5) is 0 Å². The fourth-order valence-electron chi connectivity index (χ4n) is 2.23. The second kappa shape index (κ2) is 7.27. The quantitative estimate of drug-likeness (QED) is 0.476. The van der Waals surface area contributed by atoms with Gasteiger partial charge in [0, 0.05) is 35.0 Å². The van der Waals surface area contributed by atoms with E-state index in [1.807, 2.05) is 54.9 Å². The largest absolute Gasteiger partial charge is 0.305 e. The van der Waals surface area contributed by atoms with Gasteiger partial charge in [-0.25, -0.2) is 0 Å². The molecule has 7 heteroatoms. The van der Waals surface area contributed by atoms with Crippen molar-refractivity contribution >= 4 is 33.5 Å². The van der Waals surface area contributed by atoms with E-state index in [4.69, 9.17) is 0 Å². The summed E-state index contributed by atoms with van der Waals surface area (Å²) in [6, 6.07) is 11.2. The predicted molar refractivity (Wildman–Crippen MR) is 98.0 cm³/mol. The molecule has 0 fully saturated rings. The van der Waals surface area contributed by atoms with Gasteiger partial charge < -0.3 is 4.57 Å². The van der Waals surface area contributed by atoms with E-state index in [-0.39, 0.29) is 11.0 Å². The lowest BCUT2D eigenvalue weighted by atomic mass is 10.1. The average Bonchev–Trinajstić information content (AvgIpc) is 2.96. The first-order valence-electron chi connectivity index (χ1n) is 7.32. The SMILES string of the molecule is C[C@H](Sc1nnc(-c2ccncc2)n1C)C(=O)c1ccc(Br)cc1. The van der Waals surface area contributed by atoms with Gasteiger partial charge in [-0.15, -0.1) is 10.2 Å². The van der Waals surface area contributed by atoms with E-state index >= 15 is 0 Å². The van der Waals surface area contributed by atoms with Crippen LogP contribution in [0.2, 0.25) is 0 Å². The molecule has 1 aromatic carbocycles. The first kappa shape index (κ1) is 16.9. The molecular formula is C17H15BrN4OS. The standard InChI is InChI=1S/C17H15BrN4OS/c1-11(15(23)12-3-5-14(18)6-4-12)24-17-21-20-16(22(17)2)13-7-9-19-10-8-13/h3-11H,1-2H3/t11-/m0/s1. The number of benzene rings is 1. The molecule has 0 radical (unpaired) electrons. The minimum absolute atomic E-state index is 0.0703. The van der Waals surface area contributed by atoms with Crippen molar-refractivity contribution in [1.29, 1.82) is 0 Å². The van der Waals surface area contributed by atoms with Crippen LogP contribution in [-0.4, -0.2) is 30.8 Å². The third-order valence-corrected chi connectivity index (χ3v) is 5.22. The van der Waals surface area contributed by atoms with E-state index < -0.39 is 0 Å². The molecule has 0 N–H and O–H groups in total. The number of carbonyl (C=O) groups excluding carboxylic acids is 1. The van der Waals surface area contributed by atoms with Crippen molar-refractivity contribution in [2.24, 2.45) is 7.05 Å². The number of aromatic nitrogens is 4. The number of rotatable bonds is 5. The second-order valence-electron chi connectivity index (χ2n) is 5.23. The van der Waals surface area contributed by atoms with Crippen molar-refractivity contribution in [3.05, 3.63) is 58.8 Å². The molecule has 0 amide bonds. The van der Waals surface area contributed by atoms with Crippen LogP contribution in [0.15, 0.2) is 58.4 Å². The summed E-state index contributed by atoms with van der Waals surface area (Å²) in [7, 11) is 1.90. The summed E-state index contributed by atoms with van der Waals surface area (Å²) in [5.74, 6) is 0.823. The number of nitrogens with zero attached hydrogens (tertiary/aromatic N) is 4. The van der Waals surface area contributed by atoms with Crippen molar-refractivity contribution in [3.8, 4) is 11.4 Å². The Kier molecular flexibility index (Phi) is 5.11. The van der Waals surface area contributed by atoms with Gasteiger partial charge in [0.15, 0.2) is 16.8 Å². The monoisotopic (exact) mass is 402 g/mol. The van der Waals surface area contributed by atoms with Gasteiger partial charge in [0.05, 0.1) is 5.25 Å². The Balaban J connectivity index is 1.78. The van der Waals surface area contributed by atoms with Crippen LogP contribution in [0.3, 0.4) is 0 Å². The van der Waals surface area contributed by atoms with Crippen LogP contribution in [0.5, 0.6) is 0 Å². The maximum Gasteiger partial charge on any atom is 0.191 e. The molecule has 0 aliphatic carbocycles. The third-order valence-electron chi connectivity index (χ3n) is 3.55. The Morgan fingerprint density at radius 3 is 2.46 bits per heavy atom. The van der Waals surface area contributed by atoms with Gasteiger partial charge in [-0.3, -0.25) is 9.78 Å². The van der Waals surface area contributed by atoms with Crippen molar-refractivity contribution < 1.29 is 4.79 Å². The Labute approximate surface area is 152 Å². The molecular weight excluding hydrogens is 388 g/mol. The zero-order chi connectivity index (χ0) is 17.1. The first-order chi connectivity index (χ1) is 11.6. The predicted octanol–water partition coefficient (Wildman–Crippen LogP) is 4.00. The van der Waals surface area contributed by atoms with Gasteiger partial charge in [0.2, 0.25) is 0 Å². The smallest absolute Gasteiger partial charge is 0.191 e. The molecule has 1 atom stereocenters. The first-order valence-corrected chi connectivity index (χ1v) is 9.00. The maximum absolute atomic E-state index is 12.5. The molecule has 5 nitrogen and oxygen atoms in total. The minimum atomic E-state index is -0.251. The fraction of sp³-hybridized carbons (Fsp3) is 0.176. The van der Waals surface area contributed by atoms with Crippen LogP contribution >= 0.6 is 27.7 Å². The summed E-state index contributed by atoms with van der Waals surface area (Å²) in [6.45, 7) is 1.88. The highest BCUT2D eigenvalue weighted by atomic mass is 79.9. The molecule has 0 saturated heterocycles. The number of ketones is 1. The summed E-state index contributed by atoms with van der Waals surface area (Å²) < 4.78 is 2.85. The molecule has 24 heavy (non-hydrogen) atoms. The van der Waals surface area contributed by atoms with Gasteiger partial charge in [0.25, 0.3) is 0 Å². The van der Waals surface area contributed by atoms with E-state index in [1.54, 1.807) is 12.4 Å². The van der Waals surface area contributed by atoms with Crippen molar-refractivity contribution in [3.63, 3.8) is 0 Å². The normalized spacial score (nSPS) is 12.1. The van der Waals surface area contributed by atoms with E-state index in [2.05, 4.69) is 31.1 Å². The molecule has 0 bridgehead atoms. The molecule has 2 aromatic heterocycles.